The third-order valence-corrected chi connectivity index (χ3v) is 3.73. The number of nitro benzene ring substituents is 1. The van der Waals surface area contributed by atoms with Crippen molar-refractivity contribution in [3.8, 4) is 0 Å². The Labute approximate surface area is 132 Å². The normalized spacial score (nSPS) is 12.3. The highest BCUT2D eigenvalue weighted by molar-refractivity contribution is 6.43. The van der Waals surface area contributed by atoms with Crippen LogP contribution in [-0.4, -0.2) is 30.6 Å². The van der Waals surface area contributed by atoms with Crippen LogP contribution in [0.5, 0.6) is 0 Å². The molecule has 0 spiro atoms. The minimum absolute atomic E-state index is 0.0381. The van der Waals surface area contributed by atoms with Crippen molar-refractivity contribution in [2.75, 3.05) is 13.7 Å². The zero-order valence-corrected chi connectivity index (χ0v) is 13.4. The van der Waals surface area contributed by atoms with Crippen molar-refractivity contribution in [3.63, 3.8) is 0 Å². The number of benzene rings is 1. The third kappa shape index (κ3) is 4.56. The van der Waals surface area contributed by atoms with Crippen LogP contribution in [0.15, 0.2) is 12.1 Å². The van der Waals surface area contributed by atoms with Crippen LogP contribution in [-0.2, 0) is 4.74 Å². The highest BCUT2D eigenvalue weighted by Gasteiger charge is 2.22. The summed E-state index contributed by atoms with van der Waals surface area (Å²) in [5.41, 5.74) is -0.319. The zero-order valence-electron chi connectivity index (χ0n) is 11.9. The highest BCUT2D eigenvalue weighted by Crippen LogP contribution is 2.33. The first-order valence-electron chi connectivity index (χ1n) is 6.21. The van der Waals surface area contributed by atoms with Gasteiger partial charge in [-0.3, -0.25) is 14.9 Å². The molecule has 1 N–H and O–H groups in total. The first-order valence-corrected chi connectivity index (χ1v) is 6.96. The molecular weight excluding hydrogens is 319 g/mol. The Morgan fingerprint density at radius 3 is 2.52 bits per heavy atom. The van der Waals surface area contributed by atoms with E-state index in [1.807, 2.05) is 13.8 Å². The smallest absolute Gasteiger partial charge is 0.290 e. The predicted molar refractivity (Wildman–Crippen MR) is 81.1 cm³/mol. The molecule has 0 bridgehead atoms. The Morgan fingerprint density at radius 1 is 1.43 bits per heavy atom. The Balaban J connectivity index is 3.05. The molecule has 116 valence electrons. The maximum absolute atomic E-state index is 12.2. The van der Waals surface area contributed by atoms with Gasteiger partial charge in [0.2, 0.25) is 0 Å². The Bertz CT molecular complexity index is 549. The van der Waals surface area contributed by atoms with Gasteiger partial charge in [-0.25, -0.2) is 0 Å². The van der Waals surface area contributed by atoms with Crippen molar-refractivity contribution in [2.45, 2.75) is 19.9 Å². The second-order valence-corrected chi connectivity index (χ2v) is 5.61. The summed E-state index contributed by atoms with van der Waals surface area (Å²) < 4.78 is 5.04. The molecule has 0 aliphatic heterocycles. The predicted octanol–water partition coefficient (Wildman–Crippen LogP) is 3.30. The van der Waals surface area contributed by atoms with E-state index >= 15 is 0 Å². The lowest BCUT2D eigenvalue weighted by atomic mass is 10.0. The van der Waals surface area contributed by atoms with Gasteiger partial charge in [0.15, 0.2) is 0 Å². The number of rotatable bonds is 6. The summed E-state index contributed by atoms with van der Waals surface area (Å²) in [6, 6.07) is 2.19. The first-order chi connectivity index (χ1) is 9.77. The van der Waals surface area contributed by atoms with Crippen LogP contribution in [0.4, 0.5) is 5.69 Å². The van der Waals surface area contributed by atoms with E-state index in [4.69, 9.17) is 27.9 Å². The van der Waals surface area contributed by atoms with Crippen molar-refractivity contribution in [3.05, 3.63) is 37.9 Å². The van der Waals surface area contributed by atoms with E-state index in [0.717, 1.165) is 6.07 Å². The Hall–Kier alpha value is -1.37. The summed E-state index contributed by atoms with van der Waals surface area (Å²) >= 11 is 11.6. The molecule has 0 aliphatic rings. The van der Waals surface area contributed by atoms with Gasteiger partial charge in [0.1, 0.15) is 5.02 Å². The lowest BCUT2D eigenvalue weighted by Gasteiger charge is -2.21. The molecule has 8 heteroatoms. The minimum Gasteiger partial charge on any atom is -0.383 e. The second kappa shape index (κ2) is 7.59. The lowest BCUT2D eigenvalue weighted by molar-refractivity contribution is -0.384. The van der Waals surface area contributed by atoms with E-state index < -0.39 is 16.5 Å². The van der Waals surface area contributed by atoms with Gasteiger partial charge in [-0.05, 0) is 12.0 Å². The van der Waals surface area contributed by atoms with Crippen molar-refractivity contribution in [1.82, 2.24) is 5.32 Å². The van der Waals surface area contributed by atoms with Crippen LogP contribution in [0.2, 0.25) is 10.0 Å². The minimum atomic E-state index is -0.680. The van der Waals surface area contributed by atoms with Crippen molar-refractivity contribution in [2.24, 2.45) is 5.92 Å². The maximum atomic E-state index is 12.2. The van der Waals surface area contributed by atoms with Gasteiger partial charge >= 0.3 is 0 Å². The molecule has 0 saturated carbocycles. The number of amides is 1. The molecule has 1 atom stereocenters. The van der Waals surface area contributed by atoms with Gasteiger partial charge in [0.25, 0.3) is 11.6 Å². The van der Waals surface area contributed by atoms with Gasteiger partial charge < -0.3 is 10.1 Å². The van der Waals surface area contributed by atoms with Gasteiger partial charge in [-0.2, -0.15) is 0 Å². The molecule has 0 heterocycles. The number of carbonyl (C=O) groups is 1. The average molecular weight is 335 g/mol. The van der Waals surface area contributed by atoms with Crippen LogP contribution >= 0.6 is 23.2 Å². The van der Waals surface area contributed by atoms with E-state index in [1.165, 1.54) is 13.2 Å². The Morgan fingerprint density at radius 2 is 2.05 bits per heavy atom. The summed E-state index contributed by atoms with van der Waals surface area (Å²) in [5, 5.41) is 13.4. The molecule has 21 heavy (non-hydrogen) atoms. The number of hydrogen-bond donors (Lipinski definition) is 1. The number of ether oxygens (including phenoxy) is 1. The highest BCUT2D eigenvalue weighted by atomic mass is 35.5. The fraction of sp³-hybridized carbons (Fsp3) is 0.462. The number of carbonyl (C=O) groups excluding carboxylic acids is 1. The van der Waals surface area contributed by atoms with E-state index in [9.17, 15) is 14.9 Å². The van der Waals surface area contributed by atoms with E-state index in [0.29, 0.717) is 6.61 Å². The van der Waals surface area contributed by atoms with Gasteiger partial charge in [-0.15, -0.1) is 0 Å². The maximum Gasteiger partial charge on any atom is 0.290 e. The fourth-order valence-corrected chi connectivity index (χ4v) is 2.06. The topological polar surface area (TPSA) is 81.5 Å². The molecule has 1 unspecified atom stereocenters. The number of methoxy groups -OCH3 is 1. The quantitative estimate of drug-likeness (QED) is 0.639. The van der Waals surface area contributed by atoms with Crippen LogP contribution in [0.25, 0.3) is 0 Å². The second-order valence-electron chi connectivity index (χ2n) is 4.83. The summed E-state index contributed by atoms with van der Waals surface area (Å²) in [7, 11) is 1.53. The molecule has 1 amide bonds. The SMILES string of the molecule is COCC(NC(=O)c1cc(Cl)c(Cl)c([N+](=O)[O-])c1)C(C)C. The molecule has 0 aliphatic carbocycles. The monoisotopic (exact) mass is 334 g/mol. The van der Waals surface area contributed by atoms with Crippen LogP contribution in [0.3, 0.4) is 0 Å². The molecule has 0 radical (unpaired) electrons. The Kier molecular flexibility index (Phi) is 6.39. The lowest BCUT2D eigenvalue weighted by Crippen LogP contribution is -2.41. The largest absolute Gasteiger partial charge is 0.383 e. The van der Waals surface area contributed by atoms with Crippen molar-refractivity contribution >= 4 is 34.8 Å². The summed E-state index contributed by atoms with van der Waals surface area (Å²) in [4.78, 5) is 22.4. The number of hydrogen-bond acceptors (Lipinski definition) is 4. The van der Waals surface area contributed by atoms with Gasteiger partial charge in [0, 0.05) is 18.7 Å². The van der Waals surface area contributed by atoms with Crippen LogP contribution in [0.1, 0.15) is 24.2 Å². The molecule has 1 aromatic carbocycles. The fourth-order valence-electron chi connectivity index (χ4n) is 1.67. The molecule has 0 aromatic heterocycles. The standard InChI is InChI=1S/C13H16Cl2N2O4/c1-7(2)10(6-21-3)16-13(18)8-4-9(14)12(15)11(5-8)17(19)20/h4-5,7,10H,6H2,1-3H3,(H,16,18). The summed E-state index contributed by atoms with van der Waals surface area (Å²) in [6.07, 6.45) is 0. The van der Waals surface area contributed by atoms with Crippen LogP contribution < -0.4 is 5.32 Å². The molecule has 0 fully saturated rings. The summed E-state index contributed by atoms with van der Waals surface area (Å²) in [6.45, 7) is 4.20. The molecule has 6 nitrogen and oxygen atoms in total. The summed E-state index contributed by atoms with van der Waals surface area (Å²) in [5.74, 6) is -0.320. The average Bonchev–Trinajstić information content (AvgIpc) is 2.40. The zero-order chi connectivity index (χ0) is 16.2. The van der Waals surface area contributed by atoms with E-state index in [-0.39, 0.29) is 27.6 Å². The first kappa shape index (κ1) is 17.7. The number of nitrogens with one attached hydrogen (secondary N) is 1. The molecule has 0 saturated heterocycles. The number of halogens is 2. The van der Waals surface area contributed by atoms with E-state index in [1.54, 1.807) is 0 Å². The molecule has 1 rings (SSSR count). The van der Waals surface area contributed by atoms with Crippen molar-refractivity contribution < 1.29 is 14.5 Å². The van der Waals surface area contributed by atoms with Gasteiger partial charge in [-0.1, -0.05) is 37.0 Å². The third-order valence-electron chi connectivity index (χ3n) is 2.94. The van der Waals surface area contributed by atoms with Crippen molar-refractivity contribution in [1.29, 1.82) is 0 Å². The number of nitrogens with zero attached hydrogens (tertiary/aromatic N) is 1. The molecule has 1 aromatic rings. The van der Waals surface area contributed by atoms with Gasteiger partial charge in [0.05, 0.1) is 22.6 Å². The number of nitro groups is 1. The van der Waals surface area contributed by atoms with E-state index in [2.05, 4.69) is 5.32 Å². The van der Waals surface area contributed by atoms with Crippen LogP contribution in [0, 0.1) is 16.0 Å². The molecular formula is C13H16Cl2N2O4.